The third kappa shape index (κ3) is 7.15. The number of hydrogen-bond acceptors (Lipinski definition) is 6. The van der Waals surface area contributed by atoms with Gasteiger partial charge in [-0.2, -0.15) is 4.31 Å². The van der Waals surface area contributed by atoms with Crippen LogP contribution in [0.4, 0.5) is 0 Å². The molecule has 0 bridgehead atoms. The summed E-state index contributed by atoms with van der Waals surface area (Å²) in [6, 6.07) is 6.83. The van der Waals surface area contributed by atoms with Crippen LogP contribution in [0.2, 0.25) is 0 Å². The monoisotopic (exact) mass is 481 g/mol. The number of nitrogens with one attached hydrogen (secondary N) is 1. The molecule has 1 atom stereocenters. The standard InChI is InChI=1S/C24H39N3O5S/c1-4-32-22-5-7-23(8-6-22)33(29,30)27-11-9-20(10-12-27)24(28)25-18-21(17-19(2)3)26-13-15-31-16-14-26/h5-8,19-21H,4,9-18H2,1-3H3,(H,25,28). The van der Waals surface area contributed by atoms with Gasteiger partial charge in [-0.1, -0.05) is 13.8 Å². The maximum absolute atomic E-state index is 13.0. The first-order chi connectivity index (χ1) is 15.8. The Balaban J connectivity index is 1.51. The van der Waals surface area contributed by atoms with Crippen molar-refractivity contribution in [2.45, 2.75) is 51.0 Å². The molecule has 0 aromatic heterocycles. The molecule has 9 heteroatoms. The van der Waals surface area contributed by atoms with Gasteiger partial charge in [0, 0.05) is 44.7 Å². The minimum absolute atomic E-state index is 0.0372. The van der Waals surface area contributed by atoms with Gasteiger partial charge in [0.15, 0.2) is 0 Å². The second-order valence-corrected chi connectivity index (χ2v) is 11.2. The number of morpholine rings is 1. The zero-order valence-electron chi connectivity index (χ0n) is 20.2. The number of sulfonamides is 1. The SMILES string of the molecule is CCOc1ccc(S(=O)(=O)N2CCC(C(=O)NCC(CC(C)C)N3CCOCC3)CC2)cc1. The number of carbonyl (C=O) groups excluding carboxylic acids is 1. The van der Waals surface area contributed by atoms with Crippen molar-refractivity contribution in [1.29, 1.82) is 0 Å². The van der Waals surface area contributed by atoms with Gasteiger partial charge in [0.2, 0.25) is 15.9 Å². The van der Waals surface area contributed by atoms with E-state index in [2.05, 4.69) is 24.1 Å². The van der Waals surface area contributed by atoms with Gasteiger partial charge in [-0.05, 0) is 56.4 Å². The molecule has 1 aromatic rings. The van der Waals surface area contributed by atoms with E-state index < -0.39 is 10.0 Å². The number of ether oxygens (including phenoxy) is 2. The zero-order valence-corrected chi connectivity index (χ0v) is 21.0. The van der Waals surface area contributed by atoms with E-state index in [1.54, 1.807) is 24.3 Å². The largest absolute Gasteiger partial charge is 0.494 e. The van der Waals surface area contributed by atoms with Crippen molar-refractivity contribution < 1.29 is 22.7 Å². The van der Waals surface area contributed by atoms with E-state index in [1.165, 1.54) is 4.31 Å². The maximum Gasteiger partial charge on any atom is 0.243 e. The molecule has 33 heavy (non-hydrogen) atoms. The third-order valence-corrected chi connectivity index (χ3v) is 8.33. The molecule has 1 amide bonds. The van der Waals surface area contributed by atoms with Crippen LogP contribution in [0.5, 0.6) is 5.75 Å². The maximum atomic E-state index is 13.0. The summed E-state index contributed by atoms with van der Waals surface area (Å²) in [7, 11) is -3.57. The van der Waals surface area contributed by atoms with Crippen LogP contribution in [-0.2, 0) is 19.6 Å². The fraction of sp³-hybridized carbons (Fsp3) is 0.708. The van der Waals surface area contributed by atoms with Crippen molar-refractivity contribution in [1.82, 2.24) is 14.5 Å². The predicted octanol–water partition coefficient (Wildman–Crippen LogP) is 2.35. The first-order valence-corrected chi connectivity index (χ1v) is 13.6. The van der Waals surface area contributed by atoms with Crippen molar-refractivity contribution in [3.05, 3.63) is 24.3 Å². The van der Waals surface area contributed by atoms with Crippen molar-refractivity contribution in [2.75, 3.05) is 52.5 Å². The van der Waals surface area contributed by atoms with Gasteiger partial charge in [-0.25, -0.2) is 8.42 Å². The molecule has 0 saturated carbocycles. The quantitative estimate of drug-likeness (QED) is 0.552. The Bertz CT molecular complexity index is 845. The molecule has 186 valence electrons. The first kappa shape index (κ1) is 25.9. The molecule has 8 nitrogen and oxygen atoms in total. The van der Waals surface area contributed by atoms with E-state index >= 15 is 0 Å². The van der Waals surface area contributed by atoms with Crippen LogP contribution in [0.3, 0.4) is 0 Å². The number of hydrogen-bond donors (Lipinski definition) is 1. The Kier molecular flexibility index (Phi) is 9.55. The molecule has 2 aliphatic heterocycles. The number of carbonyl (C=O) groups is 1. The Hall–Kier alpha value is -1.68. The summed E-state index contributed by atoms with van der Waals surface area (Å²) in [5.41, 5.74) is 0. The Labute approximate surface area is 198 Å². The van der Waals surface area contributed by atoms with Crippen LogP contribution < -0.4 is 10.1 Å². The molecule has 3 rings (SSSR count). The van der Waals surface area contributed by atoms with Crippen LogP contribution in [0.25, 0.3) is 0 Å². The van der Waals surface area contributed by atoms with Gasteiger partial charge in [-0.3, -0.25) is 9.69 Å². The Morgan fingerprint density at radius 1 is 1.12 bits per heavy atom. The number of nitrogens with zero attached hydrogens (tertiary/aromatic N) is 2. The van der Waals surface area contributed by atoms with Crippen LogP contribution in [-0.4, -0.2) is 82.1 Å². The van der Waals surface area contributed by atoms with E-state index in [0.717, 1.165) is 32.7 Å². The number of rotatable bonds is 10. The van der Waals surface area contributed by atoms with Crippen molar-refractivity contribution >= 4 is 15.9 Å². The van der Waals surface area contributed by atoms with Gasteiger partial charge < -0.3 is 14.8 Å². The average Bonchev–Trinajstić information content (AvgIpc) is 2.82. The van der Waals surface area contributed by atoms with E-state index in [9.17, 15) is 13.2 Å². The van der Waals surface area contributed by atoms with Gasteiger partial charge in [0.25, 0.3) is 0 Å². The summed E-state index contributed by atoms with van der Waals surface area (Å²) in [4.78, 5) is 15.5. The average molecular weight is 482 g/mol. The smallest absolute Gasteiger partial charge is 0.243 e. The third-order valence-electron chi connectivity index (χ3n) is 6.41. The highest BCUT2D eigenvalue weighted by Crippen LogP contribution is 2.25. The lowest BCUT2D eigenvalue weighted by Gasteiger charge is -2.36. The molecule has 1 aromatic carbocycles. The van der Waals surface area contributed by atoms with Crippen LogP contribution >= 0.6 is 0 Å². The van der Waals surface area contributed by atoms with Crippen LogP contribution in [0.15, 0.2) is 29.2 Å². The van der Waals surface area contributed by atoms with Crippen LogP contribution in [0, 0.1) is 11.8 Å². The summed E-state index contributed by atoms with van der Waals surface area (Å²) >= 11 is 0. The molecule has 2 aliphatic rings. The minimum atomic E-state index is -3.57. The number of piperidine rings is 1. The molecule has 1 unspecified atom stereocenters. The van der Waals surface area contributed by atoms with Gasteiger partial charge >= 0.3 is 0 Å². The Morgan fingerprint density at radius 3 is 2.33 bits per heavy atom. The second-order valence-electron chi connectivity index (χ2n) is 9.26. The molecular formula is C24H39N3O5S. The molecule has 2 saturated heterocycles. The molecule has 0 radical (unpaired) electrons. The van der Waals surface area contributed by atoms with E-state index in [1.807, 2.05) is 6.92 Å². The van der Waals surface area contributed by atoms with Crippen molar-refractivity contribution in [3.8, 4) is 5.75 Å². The number of amides is 1. The summed E-state index contributed by atoms with van der Waals surface area (Å²) < 4.78 is 38.3. The molecule has 0 aliphatic carbocycles. The van der Waals surface area contributed by atoms with E-state index in [0.29, 0.717) is 56.8 Å². The van der Waals surface area contributed by atoms with E-state index in [4.69, 9.17) is 9.47 Å². The van der Waals surface area contributed by atoms with E-state index in [-0.39, 0.29) is 16.7 Å². The second kappa shape index (κ2) is 12.1. The summed E-state index contributed by atoms with van der Waals surface area (Å²) in [6.07, 6.45) is 2.10. The first-order valence-electron chi connectivity index (χ1n) is 12.1. The van der Waals surface area contributed by atoms with Gasteiger partial charge in [0.1, 0.15) is 5.75 Å². The van der Waals surface area contributed by atoms with Gasteiger partial charge in [-0.15, -0.1) is 0 Å². The summed E-state index contributed by atoms with van der Waals surface area (Å²) in [5.74, 6) is 1.08. The predicted molar refractivity (Wildman–Crippen MR) is 128 cm³/mol. The fourth-order valence-corrected chi connectivity index (χ4v) is 6.06. The van der Waals surface area contributed by atoms with Crippen molar-refractivity contribution in [3.63, 3.8) is 0 Å². The number of benzene rings is 1. The minimum Gasteiger partial charge on any atom is -0.494 e. The Morgan fingerprint density at radius 2 is 1.76 bits per heavy atom. The fourth-order valence-electron chi connectivity index (χ4n) is 4.59. The highest BCUT2D eigenvalue weighted by molar-refractivity contribution is 7.89. The van der Waals surface area contributed by atoms with Crippen molar-refractivity contribution in [2.24, 2.45) is 11.8 Å². The molecule has 0 spiro atoms. The van der Waals surface area contributed by atoms with Crippen LogP contribution in [0.1, 0.15) is 40.0 Å². The topological polar surface area (TPSA) is 88.2 Å². The molecular weight excluding hydrogens is 442 g/mol. The zero-order chi connectivity index (χ0) is 23.8. The summed E-state index contributed by atoms with van der Waals surface area (Å²) in [5, 5.41) is 3.16. The highest BCUT2D eigenvalue weighted by atomic mass is 32.2. The highest BCUT2D eigenvalue weighted by Gasteiger charge is 2.32. The summed E-state index contributed by atoms with van der Waals surface area (Å²) in [6.45, 7) is 11.4. The normalized spacial score (nSPS) is 20.0. The lowest BCUT2D eigenvalue weighted by atomic mass is 9.96. The molecule has 1 N–H and O–H groups in total. The molecule has 2 fully saturated rings. The lowest BCUT2D eigenvalue weighted by Crippen LogP contribution is -2.50. The lowest BCUT2D eigenvalue weighted by molar-refractivity contribution is -0.126. The van der Waals surface area contributed by atoms with Gasteiger partial charge in [0.05, 0.1) is 24.7 Å². The molecule has 2 heterocycles.